The van der Waals surface area contributed by atoms with E-state index in [1.807, 2.05) is 91.0 Å². The predicted octanol–water partition coefficient (Wildman–Crippen LogP) is 6.26. The van der Waals surface area contributed by atoms with E-state index in [1.165, 1.54) is 46.1 Å². The average Bonchev–Trinajstić information content (AvgIpc) is 3.35. The number of ether oxygens (including phenoxy) is 8. The lowest BCUT2D eigenvalue weighted by Gasteiger charge is -2.22. The molecule has 446 valence electrons. The van der Waals surface area contributed by atoms with Crippen LogP contribution in [0.4, 0.5) is 9.59 Å². The van der Waals surface area contributed by atoms with E-state index in [9.17, 15) is 38.4 Å². The number of nitrogens with zero attached hydrogens (tertiary/aromatic N) is 2. The van der Waals surface area contributed by atoms with Gasteiger partial charge in [0.15, 0.2) is 17.1 Å². The number of pyridine rings is 2. The normalized spacial score (nSPS) is 9.80. The van der Waals surface area contributed by atoms with E-state index in [2.05, 4.69) is 15.6 Å². The molecule has 0 atom stereocenters. The third-order valence-electron chi connectivity index (χ3n) is 9.55. The van der Waals surface area contributed by atoms with Crippen LogP contribution in [0.25, 0.3) is 0 Å². The standard InChI is InChI=1S/C20H24N2O6.C19H22N2O6.C15H14O5.3CO2/c1-13-11-22(21-19(25)28-20(2,3)4)15(18(24)26-5)17(16(13)23)27-12-14-9-7-6-8-10-14;1-19(2,3)27-18(24)20-21-11-10-14(22)16(15(21)17(23)25-4)26-12-13-8-6-5-7-9-13;1-10-8-19-14(15(17)18-2)13(12(10)16)20-9-11-6-4-3-5-7-11;3*2-1-3/h6-11H,12H2,1-5H3,(H,21,25);5-11H,12H2,1-4H3,(H,20,24);3-8H,9H2,1-2H3;;;. The van der Waals surface area contributed by atoms with Gasteiger partial charge >= 0.3 is 48.5 Å². The number of benzene rings is 3. The molecule has 0 saturated carbocycles. The van der Waals surface area contributed by atoms with E-state index in [0.29, 0.717) is 5.56 Å². The summed E-state index contributed by atoms with van der Waals surface area (Å²) >= 11 is 0. The highest BCUT2D eigenvalue weighted by atomic mass is 16.6. The number of methoxy groups -OCH3 is 3. The molecule has 2 N–H and O–H groups in total. The molecule has 0 saturated heterocycles. The summed E-state index contributed by atoms with van der Waals surface area (Å²) < 4.78 is 48.4. The van der Waals surface area contributed by atoms with Gasteiger partial charge in [0, 0.05) is 29.6 Å². The minimum absolute atomic E-state index is 0.0654. The summed E-state index contributed by atoms with van der Waals surface area (Å²) in [4.78, 5) is 146. The Morgan fingerprint density at radius 2 is 0.833 bits per heavy atom. The van der Waals surface area contributed by atoms with Gasteiger partial charge in [-0.25, -0.2) is 44.2 Å². The molecule has 27 nitrogen and oxygen atoms in total. The second kappa shape index (κ2) is 36.3. The summed E-state index contributed by atoms with van der Waals surface area (Å²) in [7, 11) is 3.55. The first-order valence-corrected chi connectivity index (χ1v) is 24.1. The number of hydrogen-bond acceptors (Lipinski definition) is 23. The van der Waals surface area contributed by atoms with Crippen LogP contribution in [0.15, 0.2) is 135 Å². The number of carbonyl (C=O) groups is 5. The molecule has 3 aromatic heterocycles. The van der Waals surface area contributed by atoms with E-state index < -0.39 is 52.2 Å². The summed E-state index contributed by atoms with van der Waals surface area (Å²) in [5.74, 6) is -3.22. The van der Waals surface area contributed by atoms with Crippen molar-refractivity contribution in [1.82, 2.24) is 9.35 Å². The fraction of sp³-hybridized carbons (Fsp3) is 0.281. The van der Waals surface area contributed by atoms with E-state index in [4.69, 9.17) is 66.3 Å². The quantitative estimate of drug-likeness (QED) is 0.0897. The highest BCUT2D eigenvalue weighted by Crippen LogP contribution is 2.21. The van der Waals surface area contributed by atoms with Crippen molar-refractivity contribution in [2.75, 3.05) is 32.2 Å². The van der Waals surface area contributed by atoms with Gasteiger partial charge < -0.3 is 42.3 Å². The molecule has 0 bridgehead atoms. The summed E-state index contributed by atoms with van der Waals surface area (Å²) in [5, 5.41) is 0. The molecule has 6 aromatic rings. The summed E-state index contributed by atoms with van der Waals surface area (Å²) in [5.41, 5.74) is 4.61. The van der Waals surface area contributed by atoms with Gasteiger partial charge in [0.2, 0.25) is 27.8 Å². The first-order chi connectivity index (χ1) is 39.7. The van der Waals surface area contributed by atoms with Crippen LogP contribution in [0.3, 0.4) is 0 Å². The average molecular weight is 1170 g/mol. The monoisotopic (exact) mass is 1170 g/mol. The van der Waals surface area contributed by atoms with Crippen LogP contribution in [0.5, 0.6) is 17.2 Å². The summed E-state index contributed by atoms with van der Waals surface area (Å²) in [6.45, 7) is 13.7. The molecule has 0 spiro atoms. The van der Waals surface area contributed by atoms with E-state index >= 15 is 0 Å². The third kappa shape index (κ3) is 25.0. The second-order valence-corrected chi connectivity index (χ2v) is 18.1. The largest absolute Gasteiger partial charge is 0.482 e. The number of amides is 2. The van der Waals surface area contributed by atoms with Crippen molar-refractivity contribution in [1.29, 1.82) is 0 Å². The smallest absolute Gasteiger partial charge is 0.426 e. The van der Waals surface area contributed by atoms with E-state index in [-0.39, 0.29) is 83.7 Å². The number of hydrogen-bond donors (Lipinski definition) is 2. The van der Waals surface area contributed by atoms with Crippen molar-refractivity contribution in [2.45, 2.75) is 86.4 Å². The van der Waals surface area contributed by atoms with Crippen molar-refractivity contribution in [3.8, 4) is 17.2 Å². The molecule has 0 aliphatic carbocycles. The molecule has 6 rings (SSSR count). The lowest BCUT2D eigenvalue weighted by Crippen LogP contribution is -2.35. The van der Waals surface area contributed by atoms with Crippen LogP contribution < -0.4 is 41.3 Å². The maximum Gasteiger partial charge on any atom is 0.426 e. The van der Waals surface area contributed by atoms with Gasteiger partial charge in [0.1, 0.15) is 31.0 Å². The molecule has 3 aromatic carbocycles. The van der Waals surface area contributed by atoms with Crippen molar-refractivity contribution in [2.24, 2.45) is 0 Å². The highest BCUT2D eigenvalue weighted by molar-refractivity contribution is 5.92. The zero-order valence-corrected chi connectivity index (χ0v) is 47.4. The molecule has 84 heavy (non-hydrogen) atoms. The molecule has 0 unspecified atom stereocenters. The highest BCUT2D eigenvalue weighted by Gasteiger charge is 2.27. The number of esters is 3. The third-order valence-corrected chi connectivity index (χ3v) is 9.55. The fourth-order valence-corrected chi connectivity index (χ4v) is 6.15. The molecule has 3 heterocycles. The van der Waals surface area contributed by atoms with Crippen molar-refractivity contribution in [3.63, 3.8) is 0 Å². The summed E-state index contributed by atoms with van der Waals surface area (Å²) in [6, 6.07) is 28.8. The number of carbonyl (C=O) groups excluding carboxylic acids is 11. The van der Waals surface area contributed by atoms with Gasteiger partial charge in [-0.1, -0.05) is 91.0 Å². The van der Waals surface area contributed by atoms with Gasteiger partial charge in [-0.2, -0.15) is 28.8 Å². The van der Waals surface area contributed by atoms with Crippen molar-refractivity contribution >= 4 is 48.5 Å². The number of rotatable bonds is 14. The van der Waals surface area contributed by atoms with Crippen molar-refractivity contribution in [3.05, 3.63) is 191 Å². The summed E-state index contributed by atoms with van der Waals surface area (Å²) in [6.07, 6.45) is 2.91. The Balaban J connectivity index is 0.000000593. The maximum absolute atomic E-state index is 12.6. The zero-order chi connectivity index (χ0) is 63.6. The minimum Gasteiger partial charge on any atom is -0.482 e. The molecule has 0 aliphatic rings. The maximum atomic E-state index is 12.6. The van der Waals surface area contributed by atoms with Gasteiger partial charge in [0.05, 0.1) is 27.6 Å². The van der Waals surface area contributed by atoms with Gasteiger partial charge in [-0.15, -0.1) is 0 Å². The molecular weight excluding hydrogens is 1110 g/mol. The lowest BCUT2D eigenvalue weighted by molar-refractivity contribution is -0.193. The molecule has 0 aliphatic heterocycles. The minimum atomic E-state index is -0.841. The second-order valence-electron chi connectivity index (χ2n) is 18.1. The van der Waals surface area contributed by atoms with Gasteiger partial charge in [-0.05, 0) is 72.1 Å². The van der Waals surface area contributed by atoms with Crippen LogP contribution >= 0.6 is 0 Å². The molecule has 0 radical (unpaired) electrons. The molecular formula is C57H60N4O23. The van der Waals surface area contributed by atoms with Gasteiger partial charge in [-0.3, -0.25) is 14.4 Å². The van der Waals surface area contributed by atoms with Crippen LogP contribution in [0.1, 0.15) is 101 Å². The lowest BCUT2D eigenvalue weighted by atomic mass is 10.2. The first kappa shape index (κ1) is 71.0. The first-order valence-electron chi connectivity index (χ1n) is 24.1. The fourth-order valence-electron chi connectivity index (χ4n) is 6.15. The number of aryl methyl sites for hydroxylation is 2. The Morgan fingerprint density at radius 1 is 0.488 bits per heavy atom. The van der Waals surface area contributed by atoms with Crippen LogP contribution in [0.2, 0.25) is 0 Å². The Morgan fingerprint density at radius 3 is 1.21 bits per heavy atom. The Kier molecular flexibility index (Phi) is 30.7. The van der Waals surface area contributed by atoms with Gasteiger partial charge in [0.25, 0.3) is 5.76 Å². The van der Waals surface area contributed by atoms with E-state index in [0.717, 1.165) is 26.0 Å². The van der Waals surface area contributed by atoms with Crippen LogP contribution in [-0.4, -0.2) is 90.4 Å². The number of aromatic nitrogens is 2. The Labute approximate surface area is 478 Å². The predicted molar refractivity (Wildman–Crippen MR) is 288 cm³/mol. The molecule has 0 fully saturated rings. The topological polar surface area (TPSA) is 360 Å². The van der Waals surface area contributed by atoms with Crippen LogP contribution in [0, 0.1) is 13.8 Å². The van der Waals surface area contributed by atoms with E-state index in [1.54, 1.807) is 55.4 Å². The molecule has 27 heteroatoms. The van der Waals surface area contributed by atoms with Crippen LogP contribution in [-0.2, 0) is 72.3 Å². The zero-order valence-electron chi connectivity index (χ0n) is 47.4. The Bertz CT molecular complexity index is 3390. The SMILES string of the molecule is COC(=O)c1c(OCc2ccccc2)c(=O)c(C)cn1NC(=O)OC(C)(C)C.COC(=O)c1c(OCc2ccccc2)c(=O)ccn1NC(=O)OC(C)(C)C.COC(=O)c1occ(C)c(=O)c1OCc1ccccc1.O=C=O.O=C=O.O=C=O. The van der Waals surface area contributed by atoms with Crippen molar-refractivity contribution < 1.29 is 95.1 Å². The number of nitrogens with one attached hydrogen (secondary N) is 2. The Hall–Kier alpha value is -11.0. The molecule has 2 amide bonds.